The molecule has 0 amide bonds. The quantitative estimate of drug-likeness (QED) is 0.532. The summed E-state index contributed by atoms with van der Waals surface area (Å²) < 4.78 is 7.96. The van der Waals surface area contributed by atoms with Crippen molar-refractivity contribution < 1.29 is 4.74 Å². The Bertz CT molecular complexity index is 978. The van der Waals surface area contributed by atoms with Crippen LogP contribution in [0.25, 0.3) is 17.1 Å². The van der Waals surface area contributed by atoms with E-state index in [1.807, 2.05) is 84.9 Å². The van der Waals surface area contributed by atoms with Crippen LogP contribution in [0.5, 0.6) is 5.75 Å². The average Bonchev–Trinajstić information content (AvgIpc) is 3.11. The molecule has 0 radical (unpaired) electrons. The summed E-state index contributed by atoms with van der Waals surface area (Å²) in [6.07, 6.45) is 3.63. The molecule has 0 aliphatic heterocycles. The Hall–Kier alpha value is -3.40. The van der Waals surface area contributed by atoms with Gasteiger partial charge in [0.05, 0.1) is 5.52 Å². The lowest BCUT2D eigenvalue weighted by molar-refractivity contribution is 0.170. The highest BCUT2D eigenvalue weighted by Gasteiger charge is 2.14. The van der Waals surface area contributed by atoms with Crippen LogP contribution in [0.1, 0.15) is 11.8 Å². The van der Waals surface area contributed by atoms with Crippen molar-refractivity contribution in [2.75, 3.05) is 0 Å². The van der Waals surface area contributed by atoms with Crippen LogP contribution in [0.3, 0.4) is 0 Å². The summed E-state index contributed by atoms with van der Waals surface area (Å²) in [6, 6.07) is 27.7. The first-order valence-corrected chi connectivity index (χ1v) is 8.15. The van der Waals surface area contributed by atoms with Gasteiger partial charge in [-0.2, -0.15) is 0 Å². The van der Waals surface area contributed by atoms with Crippen LogP contribution in [0.15, 0.2) is 91.0 Å². The minimum absolute atomic E-state index is 0.394. The third-order valence-electron chi connectivity index (χ3n) is 3.87. The van der Waals surface area contributed by atoms with Gasteiger partial charge in [0.2, 0.25) is 6.23 Å². The zero-order valence-corrected chi connectivity index (χ0v) is 13.6. The second kappa shape index (κ2) is 7.01. The number of hydrogen-bond acceptors (Lipinski definition) is 3. The smallest absolute Gasteiger partial charge is 0.213 e. The number of benzene rings is 3. The van der Waals surface area contributed by atoms with Gasteiger partial charge in [0.1, 0.15) is 11.3 Å². The highest BCUT2D eigenvalue weighted by atomic mass is 16.5. The minimum atomic E-state index is -0.394. The predicted octanol–water partition coefficient (Wildman–Crippen LogP) is 4.72. The van der Waals surface area contributed by atoms with Crippen molar-refractivity contribution in [3.05, 3.63) is 96.6 Å². The molecule has 0 fully saturated rings. The molecule has 25 heavy (non-hydrogen) atoms. The van der Waals surface area contributed by atoms with Crippen molar-refractivity contribution in [3.8, 4) is 5.75 Å². The molecule has 4 aromatic rings. The van der Waals surface area contributed by atoms with Crippen LogP contribution in [0.2, 0.25) is 0 Å². The number of rotatable bonds is 5. The zero-order chi connectivity index (χ0) is 16.9. The molecule has 0 bridgehead atoms. The van der Waals surface area contributed by atoms with Crippen LogP contribution >= 0.6 is 0 Å². The average molecular weight is 327 g/mol. The Balaban J connectivity index is 1.71. The van der Waals surface area contributed by atoms with E-state index in [1.165, 1.54) is 0 Å². The van der Waals surface area contributed by atoms with Crippen molar-refractivity contribution in [1.82, 2.24) is 15.0 Å². The minimum Gasteiger partial charge on any atom is -0.465 e. The van der Waals surface area contributed by atoms with E-state index in [9.17, 15) is 0 Å². The normalized spacial score (nSPS) is 12.5. The van der Waals surface area contributed by atoms with Gasteiger partial charge in [-0.25, -0.2) is 4.68 Å². The summed E-state index contributed by atoms with van der Waals surface area (Å²) in [5.74, 6) is 0.782. The Morgan fingerprint density at radius 1 is 0.800 bits per heavy atom. The van der Waals surface area contributed by atoms with Crippen molar-refractivity contribution >= 4 is 17.1 Å². The topological polar surface area (TPSA) is 39.9 Å². The Morgan fingerprint density at radius 3 is 2.28 bits per heavy atom. The second-order valence-electron chi connectivity index (χ2n) is 5.61. The van der Waals surface area contributed by atoms with Crippen LogP contribution in [-0.2, 0) is 0 Å². The van der Waals surface area contributed by atoms with E-state index in [-0.39, 0.29) is 0 Å². The SMILES string of the molecule is C(=CC(Oc1ccccc1)n1nnc2ccccc21)c1ccccc1. The number of aromatic nitrogens is 3. The van der Waals surface area contributed by atoms with Gasteiger partial charge in [0.15, 0.2) is 0 Å². The second-order valence-corrected chi connectivity index (χ2v) is 5.61. The van der Waals surface area contributed by atoms with E-state index >= 15 is 0 Å². The first-order chi connectivity index (χ1) is 12.4. The summed E-state index contributed by atoms with van der Waals surface area (Å²) in [7, 11) is 0. The lowest BCUT2D eigenvalue weighted by Crippen LogP contribution is -2.15. The van der Waals surface area contributed by atoms with Gasteiger partial charge in [-0.05, 0) is 35.9 Å². The molecule has 122 valence electrons. The Morgan fingerprint density at radius 2 is 1.48 bits per heavy atom. The van der Waals surface area contributed by atoms with Gasteiger partial charge >= 0.3 is 0 Å². The van der Waals surface area contributed by atoms with Crippen LogP contribution in [-0.4, -0.2) is 15.0 Å². The third kappa shape index (κ3) is 3.43. The molecule has 1 atom stereocenters. The van der Waals surface area contributed by atoms with Crippen molar-refractivity contribution in [2.45, 2.75) is 6.23 Å². The van der Waals surface area contributed by atoms with Crippen LogP contribution in [0.4, 0.5) is 0 Å². The number of nitrogens with zero attached hydrogens (tertiary/aromatic N) is 3. The molecule has 4 heteroatoms. The fourth-order valence-corrected chi connectivity index (χ4v) is 2.64. The van der Waals surface area contributed by atoms with Gasteiger partial charge in [-0.15, -0.1) is 5.10 Å². The summed E-state index contributed by atoms with van der Waals surface area (Å²) in [5, 5.41) is 8.53. The highest BCUT2D eigenvalue weighted by Crippen LogP contribution is 2.22. The van der Waals surface area contributed by atoms with Gasteiger partial charge < -0.3 is 4.74 Å². The number of hydrogen-bond donors (Lipinski definition) is 0. The largest absolute Gasteiger partial charge is 0.465 e. The Kier molecular flexibility index (Phi) is 4.25. The molecule has 0 aliphatic rings. The van der Waals surface area contributed by atoms with Crippen LogP contribution < -0.4 is 4.74 Å². The highest BCUT2D eigenvalue weighted by molar-refractivity contribution is 5.74. The van der Waals surface area contributed by atoms with Crippen LogP contribution in [0, 0.1) is 0 Å². The summed E-state index contributed by atoms with van der Waals surface area (Å²) in [6.45, 7) is 0. The monoisotopic (exact) mass is 327 g/mol. The van der Waals surface area contributed by atoms with Gasteiger partial charge in [0, 0.05) is 0 Å². The number of para-hydroxylation sites is 2. The number of fused-ring (bicyclic) bond motifs is 1. The fraction of sp³-hybridized carbons (Fsp3) is 0.0476. The van der Waals surface area contributed by atoms with Gasteiger partial charge in [-0.1, -0.05) is 72.0 Å². The lowest BCUT2D eigenvalue weighted by Gasteiger charge is -2.16. The molecule has 0 spiro atoms. The van der Waals surface area contributed by atoms with E-state index in [1.54, 1.807) is 4.68 Å². The van der Waals surface area contributed by atoms with E-state index in [0.717, 1.165) is 22.3 Å². The molecule has 0 aliphatic carbocycles. The summed E-state index contributed by atoms with van der Waals surface area (Å²) in [5.41, 5.74) is 2.88. The van der Waals surface area contributed by atoms with E-state index < -0.39 is 6.23 Å². The lowest BCUT2D eigenvalue weighted by atomic mass is 10.2. The summed E-state index contributed by atoms with van der Waals surface area (Å²) in [4.78, 5) is 0. The van der Waals surface area contributed by atoms with Crippen molar-refractivity contribution in [1.29, 1.82) is 0 Å². The zero-order valence-electron chi connectivity index (χ0n) is 13.6. The first kappa shape index (κ1) is 15.1. The molecule has 3 aromatic carbocycles. The van der Waals surface area contributed by atoms with Crippen molar-refractivity contribution in [2.24, 2.45) is 0 Å². The van der Waals surface area contributed by atoms with Crippen molar-refractivity contribution in [3.63, 3.8) is 0 Å². The third-order valence-corrected chi connectivity index (χ3v) is 3.87. The summed E-state index contributed by atoms with van der Waals surface area (Å²) >= 11 is 0. The maximum absolute atomic E-state index is 6.16. The molecule has 4 nitrogen and oxygen atoms in total. The molecule has 0 saturated carbocycles. The fourth-order valence-electron chi connectivity index (χ4n) is 2.64. The van der Waals surface area contributed by atoms with Gasteiger partial charge in [-0.3, -0.25) is 0 Å². The van der Waals surface area contributed by atoms with E-state index in [4.69, 9.17) is 4.74 Å². The maximum atomic E-state index is 6.16. The predicted molar refractivity (Wildman–Crippen MR) is 99.1 cm³/mol. The molecule has 0 N–H and O–H groups in total. The molecule has 1 aromatic heterocycles. The van der Waals surface area contributed by atoms with Gasteiger partial charge in [0.25, 0.3) is 0 Å². The molecular formula is C21H17N3O. The maximum Gasteiger partial charge on any atom is 0.213 e. The molecule has 1 unspecified atom stereocenters. The molecular weight excluding hydrogens is 310 g/mol. The number of ether oxygens (including phenoxy) is 1. The Labute approximate surface area is 146 Å². The standard InChI is InChI=1S/C21H17N3O/c1-3-9-17(10-4-1)15-16-21(25-18-11-5-2-6-12-18)24-20-14-8-7-13-19(20)22-23-24/h1-16,21H. The first-order valence-electron chi connectivity index (χ1n) is 8.15. The van der Waals surface area contributed by atoms with E-state index in [2.05, 4.69) is 22.4 Å². The molecule has 0 saturated heterocycles. The van der Waals surface area contributed by atoms with E-state index in [0.29, 0.717) is 0 Å². The molecule has 1 heterocycles. The molecule has 4 rings (SSSR count).